The van der Waals surface area contributed by atoms with Crippen molar-refractivity contribution in [2.75, 3.05) is 4.90 Å². The molecule has 3 aromatic rings. The molecule has 31 heavy (non-hydrogen) atoms. The summed E-state index contributed by atoms with van der Waals surface area (Å²) in [6, 6.07) is 8.51. The number of imide groups is 2. The molecule has 3 heterocycles. The Hall–Kier alpha value is -4.39. The summed E-state index contributed by atoms with van der Waals surface area (Å²) >= 11 is 1.13. The number of anilines is 1. The van der Waals surface area contributed by atoms with E-state index in [0.717, 1.165) is 20.8 Å². The number of thiophene rings is 1. The van der Waals surface area contributed by atoms with Crippen LogP contribution in [0.5, 0.6) is 0 Å². The minimum absolute atomic E-state index is 0.240. The third-order valence-corrected chi connectivity index (χ3v) is 5.14. The Balaban J connectivity index is 1.53. The average molecular weight is 440 g/mol. The van der Waals surface area contributed by atoms with Crippen LogP contribution in [0.4, 0.5) is 15.5 Å². The molecule has 2 aromatic heterocycles. The van der Waals surface area contributed by atoms with E-state index in [1.54, 1.807) is 24.3 Å². The average Bonchev–Trinajstić information content (AvgIpc) is 3.14. The van der Waals surface area contributed by atoms with Crippen molar-refractivity contribution in [3.63, 3.8) is 0 Å². The van der Waals surface area contributed by atoms with Gasteiger partial charge in [0.25, 0.3) is 0 Å². The maximum absolute atomic E-state index is 12.0. The van der Waals surface area contributed by atoms with Gasteiger partial charge in [-0.3, -0.25) is 29.9 Å². The summed E-state index contributed by atoms with van der Waals surface area (Å²) in [6.45, 7) is 0. The van der Waals surface area contributed by atoms with Crippen molar-refractivity contribution in [2.45, 2.75) is 6.42 Å². The van der Waals surface area contributed by atoms with Crippen LogP contribution in [0.25, 0.3) is 5.69 Å². The van der Waals surface area contributed by atoms with E-state index in [1.807, 2.05) is 9.97 Å². The highest BCUT2D eigenvalue weighted by Gasteiger charge is 2.32. The number of H-pyrrole nitrogens is 2. The highest BCUT2D eigenvalue weighted by atomic mass is 32.1. The molecular formula is C18H12N6O6S. The number of carbonyl (C=O) groups excluding carboxylic acids is 3. The van der Waals surface area contributed by atoms with Crippen LogP contribution in [0.1, 0.15) is 11.3 Å². The number of amides is 4. The fraction of sp³-hybridized carbons (Fsp3) is 0.0556. The maximum atomic E-state index is 12.0. The van der Waals surface area contributed by atoms with Gasteiger partial charge in [-0.1, -0.05) is 0 Å². The molecule has 0 bridgehead atoms. The summed E-state index contributed by atoms with van der Waals surface area (Å²) in [6.07, 6.45) is 1.11. The second-order valence-corrected chi connectivity index (χ2v) is 7.33. The van der Waals surface area contributed by atoms with E-state index in [-0.39, 0.29) is 5.69 Å². The lowest BCUT2D eigenvalue weighted by molar-refractivity contribution is -0.128. The van der Waals surface area contributed by atoms with Gasteiger partial charge in [-0.25, -0.2) is 28.6 Å². The van der Waals surface area contributed by atoms with Crippen LogP contribution in [0.3, 0.4) is 0 Å². The lowest BCUT2D eigenvalue weighted by atomic mass is 10.3. The topological polar surface area (TPSA) is 167 Å². The van der Waals surface area contributed by atoms with Gasteiger partial charge >= 0.3 is 23.1 Å². The molecule has 0 spiro atoms. The first-order valence-corrected chi connectivity index (χ1v) is 9.50. The number of aromatic nitrogens is 3. The summed E-state index contributed by atoms with van der Waals surface area (Å²) in [5, 5.41) is 2.44. The molecule has 4 rings (SSSR count). The number of rotatable bonds is 4. The van der Waals surface area contributed by atoms with Gasteiger partial charge in [0.1, 0.15) is 11.4 Å². The fourth-order valence-electron chi connectivity index (χ4n) is 2.79. The molecule has 4 amide bonds. The second-order valence-electron chi connectivity index (χ2n) is 6.23. The largest absolute Gasteiger partial charge is 0.338 e. The summed E-state index contributed by atoms with van der Waals surface area (Å²) in [5.74, 6) is -1.25. The van der Waals surface area contributed by atoms with E-state index in [2.05, 4.69) is 10.3 Å². The zero-order valence-corrected chi connectivity index (χ0v) is 16.3. The molecular weight excluding hydrogens is 428 g/mol. The molecule has 3 N–H and O–H groups in total. The lowest BCUT2D eigenvalue weighted by Gasteiger charge is -2.22. The van der Waals surface area contributed by atoms with Crippen molar-refractivity contribution in [1.82, 2.24) is 19.9 Å². The summed E-state index contributed by atoms with van der Waals surface area (Å²) in [4.78, 5) is 79.7. The minimum Gasteiger partial charge on any atom is -0.277 e. The number of urea groups is 1. The third-order valence-electron chi connectivity index (χ3n) is 4.14. The first-order valence-electron chi connectivity index (χ1n) is 8.68. The van der Waals surface area contributed by atoms with Crippen molar-refractivity contribution < 1.29 is 14.4 Å². The molecule has 1 saturated heterocycles. The first kappa shape index (κ1) is 19.9. The zero-order valence-electron chi connectivity index (χ0n) is 15.4. The van der Waals surface area contributed by atoms with Crippen LogP contribution in [0.2, 0.25) is 0 Å². The van der Waals surface area contributed by atoms with Gasteiger partial charge in [0, 0.05) is 11.1 Å². The van der Waals surface area contributed by atoms with E-state index in [0.29, 0.717) is 15.6 Å². The second kappa shape index (κ2) is 7.79. The third kappa shape index (κ3) is 4.02. The van der Waals surface area contributed by atoms with E-state index in [4.69, 9.17) is 0 Å². The number of nitrogens with one attached hydrogen (secondary N) is 3. The van der Waals surface area contributed by atoms with Crippen LogP contribution >= 0.6 is 11.3 Å². The molecule has 156 valence electrons. The number of benzene rings is 1. The van der Waals surface area contributed by atoms with E-state index in [1.165, 1.54) is 18.3 Å². The van der Waals surface area contributed by atoms with Crippen molar-refractivity contribution in [1.29, 1.82) is 0 Å². The van der Waals surface area contributed by atoms with Crippen molar-refractivity contribution in [3.8, 4) is 5.69 Å². The number of hydrogen-bond donors (Lipinski definition) is 3. The van der Waals surface area contributed by atoms with Gasteiger partial charge in [-0.2, -0.15) is 0 Å². The van der Waals surface area contributed by atoms with Crippen LogP contribution in [-0.4, -0.2) is 38.6 Å². The van der Waals surface area contributed by atoms with Crippen molar-refractivity contribution in [2.24, 2.45) is 4.99 Å². The summed E-state index contributed by atoms with van der Waals surface area (Å²) < 4.78 is 0.770. The Bertz CT molecular complexity index is 1360. The maximum Gasteiger partial charge on any atom is 0.338 e. The fourth-order valence-corrected chi connectivity index (χ4v) is 3.69. The quantitative estimate of drug-likeness (QED) is 0.381. The highest BCUT2D eigenvalue weighted by molar-refractivity contribution is 7.18. The lowest BCUT2D eigenvalue weighted by Crippen LogP contribution is -2.52. The Morgan fingerprint density at radius 2 is 1.58 bits per heavy atom. The van der Waals surface area contributed by atoms with Gasteiger partial charge in [0.2, 0.25) is 11.8 Å². The molecule has 1 fully saturated rings. The van der Waals surface area contributed by atoms with Gasteiger partial charge < -0.3 is 0 Å². The predicted molar refractivity (Wildman–Crippen MR) is 110 cm³/mol. The molecule has 0 radical (unpaired) electrons. The van der Waals surface area contributed by atoms with Gasteiger partial charge in [0.05, 0.1) is 11.4 Å². The molecule has 0 unspecified atom stereocenters. The zero-order chi connectivity index (χ0) is 22.1. The Morgan fingerprint density at radius 1 is 0.903 bits per heavy atom. The first-order chi connectivity index (χ1) is 14.8. The standard InChI is InChI=1S/C18H12N6O6S/c25-12-7-13(26)24(16(28)20-12)14-6-5-11(31-14)8-19-9-1-3-10(4-2-9)23-17(29)21-15(27)22-18(23)30/h1-6,8H,7H2,(H,20,25,28)(H2,21,22,27,29,30). The molecule has 13 heteroatoms. The molecule has 1 aliphatic heterocycles. The number of aromatic amines is 2. The monoisotopic (exact) mass is 440 g/mol. The highest BCUT2D eigenvalue weighted by Crippen LogP contribution is 2.27. The molecule has 1 aliphatic rings. The van der Waals surface area contributed by atoms with Gasteiger partial charge in [-0.05, 0) is 36.4 Å². The van der Waals surface area contributed by atoms with Crippen molar-refractivity contribution >= 4 is 46.1 Å². The molecule has 0 atom stereocenters. The summed E-state index contributed by atoms with van der Waals surface area (Å²) in [5.41, 5.74) is -1.88. The number of nitrogens with zero attached hydrogens (tertiary/aromatic N) is 3. The molecule has 0 aliphatic carbocycles. The number of barbiturate groups is 1. The smallest absolute Gasteiger partial charge is 0.277 e. The molecule has 1 aromatic carbocycles. The van der Waals surface area contributed by atoms with Crippen LogP contribution in [-0.2, 0) is 9.59 Å². The normalized spacial score (nSPS) is 14.3. The Kier molecular flexibility index (Phi) is 5.00. The minimum atomic E-state index is -0.891. The number of aliphatic imine (C=N–C) groups is 1. The van der Waals surface area contributed by atoms with Crippen molar-refractivity contribution in [3.05, 3.63) is 72.7 Å². The number of carbonyl (C=O) groups is 3. The number of hydrogen-bond acceptors (Lipinski definition) is 8. The molecule has 12 nitrogen and oxygen atoms in total. The van der Waals surface area contributed by atoms with E-state index >= 15 is 0 Å². The van der Waals surface area contributed by atoms with E-state index in [9.17, 15) is 28.8 Å². The predicted octanol–water partition coefficient (Wildman–Crippen LogP) is -0.000900. The van der Waals surface area contributed by atoms with Crippen LogP contribution in [0.15, 0.2) is 55.8 Å². The SMILES string of the molecule is O=C1CC(=O)N(c2ccc(C=Nc3ccc(-n4c(=O)[nH]c(=O)[nH]c4=O)cc3)s2)C(=O)N1. The van der Waals surface area contributed by atoms with Gasteiger partial charge in [0.15, 0.2) is 0 Å². The molecule has 0 saturated carbocycles. The van der Waals surface area contributed by atoms with E-state index < -0.39 is 41.3 Å². The Morgan fingerprint density at radius 3 is 2.23 bits per heavy atom. The Labute approximate surface area is 175 Å². The summed E-state index contributed by atoms with van der Waals surface area (Å²) in [7, 11) is 0. The van der Waals surface area contributed by atoms with Gasteiger partial charge in [-0.15, -0.1) is 11.3 Å². The van der Waals surface area contributed by atoms with Crippen LogP contribution in [0, 0.1) is 0 Å². The van der Waals surface area contributed by atoms with Crippen LogP contribution < -0.4 is 27.3 Å².